The third kappa shape index (κ3) is 3.42. The lowest BCUT2D eigenvalue weighted by Gasteiger charge is -2.10. The summed E-state index contributed by atoms with van der Waals surface area (Å²) in [6.07, 6.45) is 1.23. The minimum absolute atomic E-state index is 0.0479. The monoisotopic (exact) mass is 308 g/mol. The van der Waals surface area contributed by atoms with Gasteiger partial charge in [-0.25, -0.2) is 4.98 Å². The number of fused-ring (bicyclic) bond motifs is 1. The smallest absolute Gasteiger partial charge is 0.269 e. The van der Waals surface area contributed by atoms with Crippen LogP contribution in [-0.4, -0.2) is 20.4 Å². The van der Waals surface area contributed by atoms with E-state index in [-0.39, 0.29) is 18.0 Å². The van der Waals surface area contributed by atoms with E-state index in [1.54, 1.807) is 12.1 Å². The van der Waals surface area contributed by atoms with E-state index < -0.39 is 0 Å². The Bertz CT molecular complexity index is 918. The number of nitrogens with one attached hydrogen (secondary N) is 1. The number of pyridine rings is 1. The molecule has 0 aliphatic carbocycles. The summed E-state index contributed by atoms with van der Waals surface area (Å²) in [5, 5.41) is 2.79. The van der Waals surface area contributed by atoms with Crippen molar-refractivity contribution in [3.05, 3.63) is 70.4 Å². The molecule has 1 amide bonds. The van der Waals surface area contributed by atoms with Crippen molar-refractivity contribution >= 4 is 16.9 Å². The van der Waals surface area contributed by atoms with E-state index in [0.717, 1.165) is 11.4 Å². The Morgan fingerprint density at radius 2 is 2.00 bits per heavy atom. The Morgan fingerprint density at radius 1 is 1.17 bits per heavy atom. The van der Waals surface area contributed by atoms with E-state index in [1.165, 1.54) is 10.8 Å². The van der Waals surface area contributed by atoms with Crippen molar-refractivity contribution in [2.45, 2.75) is 20.0 Å². The van der Waals surface area contributed by atoms with Crippen molar-refractivity contribution in [2.24, 2.45) is 0 Å². The molecule has 2 heterocycles. The van der Waals surface area contributed by atoms with E-state index in [1.807, 2.05) is 37.3 Å². The van der Waals surface area contributed by atoms with Gasteiger partial charge in [-0.3, -0.25) is 19.1 Å². The van der Waals surface area contributed by atoms with Crippen LogP contribution < -0.4 is 10.9 Å². The second kappa shape index (κ2) is 6.39. The van der Waals surface area contributed by atoms with E-state index in [9.17, 15) is 9.59 Å². The van der Waals surface area contributed by atoms with Gasteiger partial charge in [-0.1, -0.05) is 18.2 Å². The maximum absolute atomic E-state index is 12.1. The first kappa shape index (κ1) is 14.9. The van der Waals surface area contributed by atoms with Crippen LogP contribution in [0.1, 0.15) is 11.4 Å². The second-order valence-corrected chi connectivity index (χ2v) is 5.22. The van der Waals surface area contributed by atoms with Crippen molar-refractivity contribution in [1.29, 1.82) is 0 Å². The fraction of sp³-hybridized carbons (Fsp3) is 0.176. The van der Waals surface area contributed by atoms with Crippen molar-refractivity contribution in [2.75, 3.05) is 0 Å². The number of hydrogen-bond donors (Lipinski definition) is 1. The number of nitrogens with zero attached hydrogens (tertiary/aromatic N) is 3. The third-order valence-electron chi connectivity index (χ3n) is 3.47. The molecule has 0 aliphatic heterocycles. The number of para-hydroxylation sites is 2. The van der Waals surface area contributed by atoms with Gasteiger partial charge < -0.3 is 5.32 Å². The van der Waals surface area contributed by atoms with E-state index in [0.29, 0.717) is 17.6 Å². The number of aryl methyl sites for hydroxylation is 1. The van der Waals surface area contributed by atoms with Crippen LogP contribution in [0.3, 0.4) is 0 Å². The van der Waals surface area contributed by atoms with Crippen molar-refractivity contribution in [3.8, 4) is 0 Å². The Labute approximate surface area is 132 Å². The molecule has 3 rings (SSSR count). The SMILES string of the molecule is Cc1cccc(CNC(=O)Cn2c(=O)cnc3ccccc32)n1. The summed E-state index contributed by atoms with van der Waals surface area (Å²) in [5.74, 6) is -0.244. The Morgan fingerprint density at radius 3 is 2.83 bits per heavy atom. The number of amides is 1. The normalized spacial score (nSPS) is 10.7. The van der Waals surface area contributed by atoms with Gasteiger partial charge in [0.15, 0.2) is 0 Å². The fourth-order valence-corrected chi connectivity index (χ4v) is 2.36. The quantitative estimate of drug-likeness (QED) is 0.790. The largest absolute Gasteiger partial charge is 0.349 e. The molecule has 2 aromatic heterocycles. The highest BCUT2D eigenvalue weighted by atomic mass is 16.2. The van der Waals surface area contributed by atoms with Crippen molar-refractivity contribution in [1.82, 2.24) is 19.9 Å². The highest BCUT2D eigenvalue weighted by molar-refractivity contribution is 5.79. The van der Waals surface area contributed by atoms with Gasteiger partial charge in [0.2, 0.25) is 5.91 Å². The standard InChI is InChI=1S/C17H16N4O2/c1-12-5-4-6-13(20-12)9-19-16(22)11-21-15-8-3-2-7-14(15)18-10-17(21)23/h2-8,10H,9,11H2,1H3,(H,19,22). The molecule has 0 atom stereocenters. The molecule has 3 aromatic rings. The molecular weight excluding hydrogens is 292 g/mol. The summed E-state index contributed by atoms with van der Waals surface area (Å²) in [6.45, 7) is 2.18. The van der Waals surface area contributed by atoms with Crippen LogP contribution in [0.5, 0.6) is 0 Å². The lowest BCUT2D eigenvalue weighted by Crippen LogP contribution is -2.32. The van der Waals surface area contributed by atoms with E-state index >= 15 is 0 Å². The first-order chi connectivity index (χ1) is 11.1. The summed E-state index contributed by atoms with van der Waals surface area (Å²) in [7, 11) is 0. The fourth-order valence-electron chi connectivity index (χ4n) is 2.36. The molecule has 0 fully saturated rings. The van der Waals surface area contributed by atoms with Crippen LogP contribution in [0, 0.1) is 6.92 Å². The number of carbonyl (C=O) groups is 1. The van der Waals surface area contributed by atoms with E-state index in [2.05, 4.69) is 15.3 Å². The molecule has 0 spiro atoms. The number of benzene rings is 1. The predicted octanol–water partition coefficient (Wildman–Crippen LogP) is 1.42. The predicted molar refractivity (Wildman–Crippen MR) is 86.8 cm³/mol. The zero-order valence-corrected chi connectivity index (χ0v) is 12.7. The summed E-state index contributed by atoms with van der Waals surface area (Å²) < 4.78 is 1.42. The van der Waals surface area contributed by atoms with Gasteiger partial charge in [-0.05, 0) is 31.2 Å². The average molecular weight is 308 g/mol. The molecule has 23 heavy (non-hydrogen) atoms. The van der Waals surface area contributed by atoms with Gasteiger partial charge in [0, 0.05) is 5.69 Å². The topological polar surface area (TPSA) is 76.9 Å². The van der Waals surface area contributed by atoms with Gasteiger partial charge in [-0.2, -0.15) is 0 Å². The molecule has 0 saturated carbocycles. The minimum atomic E-state index is -0.299. The molecule has 0 saturated heterocycles. The van der Waals surface area contributed by atoms with Crippen LogP contribution in [0.15, 0.2) is 53.5 Å². The van der Waals surface area contributed by atoms with Crippen LogP contribution in [-0.2, 0) is 17.9 Å². The zero-order valence-electron chi connectivity index (χ0n) is 12.7. The molecule has 6 nitrogen and oxygen atoms in total. The summed E-state index contributed by atoms with van der Waals surface area (Å²) in [5.41, 5.74) is 2.70. The van der Waals surface area contributed by atoms with Crippen LogP contribution in [0.4, 0.5) is 0 Å². The van der Waals surface area contributed by atoms with Crippen molar-refractivity contribution < 1.29 is 4.79 Å². The van der Waals surface area contributed by atoms with Gasteiger partial charge in [0.25, 0.3) is 5.56 Å². The van der Waals surface area contributed by atoms with Crippen LogP contribution in [0.25, 0.3) is 11.0 Å². The molecule has 0 bridgehead atoms. The number of carbonyl (C=O) groups excluding carboxylic acids is 1. The van der Waals surface area contributed by atoms with Gasteiger partial charge in [-0.15, -0.1) is 0 Å². The molecule has 6 heteroatoms. The lowest BCUT2D eigenvalue weighted by molar-refractivity contribution is -0.121. The molecule has 1 N–H and O–H groups in total. The first-order valence-electron chi connectivity index (χ1n) is 7.27. The molecule has 0 unspecified atom stereocenters. The minimum Gasteiger partial charge on any atom is -0.349 e. The summed E-state index contributed by atoms with van der Waals surface area (Å²) in [6, 6.07) is 12.9. The molecule has 0 aliphatic rings. The molecular formula is C17H16N4O2. The highest BCUT2D eigenvalue weighted by Crippen LogP contribution is 2.07. The zero-order chi connectivity index (χ0) is 16.2. The van der Waals surface area contributed by atoms with Crippen molar-refractivity contribution in [3.63, 3.8) is 0 Å². The third-order valence-corrected chi connectivity index (χ3v) is 3.47. The van der Waals surface area contributed by atoms with Crippen LogP contribution >= 0.6 is 0 Å². The Balaban J connectivity index is 1.76. The number of hydrogen-bond acceptors (Lipinski definition) is 4. The Hall–Kier alpha value is -3.02. The number of aromatic nitrogens is 3. The van der Waals surface area contributed by atoms with Gasteiger partial charge in [0.1, 0.15) is 6.54 Å². The summed E-state index contributed by atoms with van der Waals surface area (Å²) >= 11 is 0. The average Bonchev–Trinajstić information content (AvgIpc) is 2.56. The summed E-state index contributed by atoms with van der Waals surface area (Å²) in [4.78, 5) is 32.5. The molecule has 0 radical (unpaired) electrons. The first-order valence-corrected chi connectivity index (χ1v) is 7.27. The molecule has 116 valence electrons. The van der Waals surface area contributed by atoms with E-state index in [4.69, 9.17) is 0 Å². The van der Waals surface area contributed by atoms with Crippen LogP contribution in [0.2, 0.25) is 0 Å². The highest BCUT2D eigenvalue weighted by Gasteiger charge is 2.08. The lowest BCUT2D eigenvalue weighted by atomic mass is 10.3. The number of rotatable bonds is 4. The van der Waals surface area contributed by atoms with Gasteiger partial charge in [0.05, 0.1) is 29.5 Å². The Kier molecular flexibility index (Phi) is 4.14. The maximum atomic E-state index is 12.1. The second-order valence-electron chi connectivity index (χ2n) is 5.22. The maximum Gasteiger partial charge on any atom is 0.269 e. The molecule has 1 aromatic carbocycles. The van der Waals surface area contributed by atoms with Gasteiger partial charge >= 0.3 is 0 Å².